The maximum atomic E-state index is 12.3. The van der Waals surface area contributed by atoms with E-state index in [2.05, 4.69) is 10.3 Å². The van der Waals surface area contributed by atoms with Crippen LogP contribution in [0.5, 0.6) is 0 Å². The van der Waals surface area contributed by atoms with Crippen LogP contribution in [0, 0.1) is 0 Å². The Morgan fingerprint density at radius 3 is 2.42 bits per heavy atom. The molecular formula is C10H11F3N2O3S. The summed E-state index contributed by atoms with van der Waals surface area (Å²) in [5.74, 6) is -2.21. The predicted molar refractivity (Wildman–Crippen MR) is 60.9 cm³/mol. The zero-order valence-corrected chi connectivity index (χ0v) is 10.9. The van der Waals surface area contributed by atoms with E-state index in [9.17, 15) is 22.8 Å². The third-order valence-corrected chi connectivity index (χ3v) is 3.43. The lowest BCUT2D eigenvalue weighted by Gasteiger charge is -2.23. The number of amides is 1. The van der Waals surface area contributed by atoms with Gasteiger partial charge in [0.15, 0.2) is 5.01 Å². The van der Waals surface area contributed by atoms with Crippen molar-refractivity contribution in [3.05, 3.63) is 16.1 Å². The van der Waals surface area contributed by atoms with Gasteiger partial charge in [-0.3, -0.25) is 4.79 Å². The summed E-state index contributed by atoms with van der Waals surface area (Å²) in [5.41, 5.74) is -1.99. The SMILES string of the molecule is CCC(C)(NC(=O)c1csc(C(F)(F)F)n1)C(=O)O. The minimum atomic E-state index is -4.62. The van der Waals surface area contributed by atoms with Crippen LogP contribution in [0.15, 0.2) is 5.38 Å². The van der Waals surface area contributed by atoms with Crippen LogP contribution < -0.4 is 5.32 Å². The number of carboxylic acid groups (broad SMARTS) is 1. The Hall–Kier alpha value is -1.64. The quantitative estimate of drug-likeness (QED) is 0.892. The monoisotopic (exact) mass is 296 g/mol. The van der Waals surface area contributed by atoms with E-state index in [0.717, 1.165) is 5.38 Å². The third-order valence-electron chi connectivity index (χ3n) is 2.55. The van der Waals surface area contributed by atoms with Gasteiger partial charge in [-0.1, -0.05) is 6.92 Å². The van der Waals surface area contributed by atoms with Crippen LogP contribution in [0.1, 0.15) is 35.8 Å². The van der Waals surface area contributed by atoms with Crippen molar-refractivity contribution in [3.8, 4) is 0 Å². The fourth-order valence-electron chi connectivity index (χ4n) is 1.12. The van der Waals surface area contributed by atoms with E-state index in [-0.39, 0.29) is 17.8 Å². The van der Waals surface area contributed by atoms with Crippen molar-refractivity contribution in [1.29, 1.82) is 0 Å². The first kappa shape index (κ1) is 15.4. The number of carbonyl (C=O) groups is 2. The number of alkyl halides is 3. The minimum absolute atomic E-state index is 0.0876. The van der Waals surface area contributed by atoms with E-state index in [4.69, 9.17) is 5.11 Å². The number of aliphatic carboxylic acids is 1. The first-order chi connectivity index (χ1) is 8.60. The summed E-state index contributed by atoms with van der Waals surface area (Å²) in [7, 11) is 0. The van der Waals surface area contributed by atoms with Gasteiger partial charge in [-0.05, 0) is 13.3 Å². The van der Waals surface area contributed by atoms with E-state index < -0.39 is 34.3 Å². The standard InChI is InChI=1S/C10H11F3N2O3S/c1-3-9(2,8(17)18)15-6(16)5-4-19-7(14-5)10(11,12)13/h4H,3H2,1-2H3,(H,15,16)(H,17,18). The second-order valence-electron chi connectivity index (χ2n) is 3.98. The summed E-state index contributed by atoms with van der Waals surface area (Å²) < 4.78 is 37.0. The van der Waals surface area contributed by atoms with Crippen molar-refractivity contribution >= 4 is 23.2 Å². The van der Waals surface area contributed by atoms with Crippen molar-refractivity contribution in [1.82, 2.24) is 10.3 Å². The molecule has 106 valence electrons. The van der Waals surface area contributed by atoms with E-state index in [0.29, 0.717) is 0 Å². The lowest BCUT2D eigenvalue weighted by molar-refractivity contribution is -0.144. The number of halogens is 3. The molecule has 0 aliphatic rings. The Kier molecular flexibility index (Phi) is 4.18. The highest BCUT2D eigenvalue weighted by Crippen LogP contribution is 2.31. The second kappa shape index (κ2) is 5.16. The number of nitrogens with zero attached hydrogens (tertiary/aromatic N) is 1. The molecule has 1 heterocycles. The summed E-state index contributed by atoms with van der Waals surface area (Å²) in [6.45, 7) is 2.81. The molecule has 0 aromatic carbocycles. The fourth-order valence-corrected chi connectivity index (χ4v) is 1.78. The fraction of sp³-hybridized carbons (Fsp3) is 0.500. The average molecular weight is 296 g/mol. The van der Waals surface area contributed by atoms with Crippen molar-refractivity contribution in [2.75, 3.05) is 0 Å². The number of hydrogen-bond acceptors (Lipinski definition) is 4. The number of carboxylic acids is 1. The first-order valence-electron chi connectivity index (χ1n) is 5.19. The van der Waals surface area contributed by atoms with E-state index in [1.165, 1.54) is 13.8 Å². The zero-order chi connectivity index (χ0) is 14.8. The normalized spacial score (nSPS) is 14.8. The molecule has 9 heteroatoms. The zero-order valence-electron chi connectivity index (χ0n) is 10.0. The second-order valence-corrected chi connectivity index (χ2v) is 4.84. The Labute approximate surface area is 110 Å². The van der Waals surface area contributed by atoms with Gasteiger partial charge >= 0.3 is 12.1 Å². The highest BCUT2D eigenvalue weighted by atomic mass is 32.1. The van der Waals surface area contributed by atoms with Crippen LogP contribution >= 0.6 is 11.3 Å². The smallest absolute Gasteiger partial charge is 0.443 e. The molecule has 0 saturated carbocycles. The van der Waals surface area contributed by atoms with Crippen LogP contribution in [-0.4, -0.2) is 27.5 Å². The first-order valence-corrected chi connectivity index (χ1v) is 6.06. The number of rotatable bonds is 4. The molecular weight excluding hydrogens is 285 g/mol. The molecule has 0 aliphatic heterocycles. The molecule has 1 amide bonds. The third kappa shape index (κ3) is 3.43. The topological polar surface area (TPSA) is 79.3 Å². The molecule has 1 aromatic heterocycles. The Morgan fingerprint density at radius 1 is 1.47 bits per heavy atom. The molecule has 19 heavy (non-hydrogen) atoms. The Bertz CT molecular complexity index is 500. The summed E-state index contributed by atoms with van der Waals surface area (Å²) in [4.78, 5) is 25.8. The highest BCUT2D eigenvalue weighted by molar-refractivity contribution is 7.09. The molecule has 1 aromatic rings. The molecule has 0 radical (unpaired) electrons. The lowest BCUT2D eigenvalue weighted by atomic mass is 9.99. The van der Waals surface area contributed by atoms with Gasteiger partial charge in [-0.25, -0.2) is 9.78 Å². The van der Waals surface area contributed by atoms with E-state index in [1.807, 2.05) is 0 Å². The number of nitrogens with one attached hydrogen (secondary N) is 1. The predicted octanol–water partition coefficient (Wildman–Crippen LogP) is 2.14. The van der Waals surface area contributed by atoms with E-state index >= 15 is 0 Å². The van der Waals surface area contributed by atoms with E-state index in [1.54, 1.807) is 0 Å². The van der Waals surface area contributed by atoms with Crippen molar-refractivity contribution in [3.63, 3.8) is 0 Å². The molecule has 1 atom stereocenters. The molecule has 0 bridgehead atoms. The van der Waals surface area contributed by atoms with Crippen LogP contribution in [-0.2, 0) is 11.0 Å². The van der Waals surface area contributed by atoms with Crippen molar-refractivity contribution < 1.29 is 27.9 Å². The molecule has 5 nitrogen and oxygen atoms in total. The maximum Gasteiger partial charge on any atom is 0.443 e. The number of hydrogen-bond donors (Lipinski definition) is 2. The maximum absolute atomic E-state index is 12.3. The summed E-state index contributed by atoms with van der Waals surface area (Å²) >= 11 is 0.282. The minimum Gasteiger partial charge on any atom is -0.480 e. The van der Waals surface area contributed by atoms with Crippen LogP contribution in [0.4, 0.5) is 13.2 Å². The van der Waals surface area contributed by atoms with Gasteiger partial charge in [0.2, 0.25) is 0 Å². The lowest BCUT2D eigenvalue weighted by Crippen LogP contribution is -2.51. The molecule has 1 rings (SSSR count). The largest absolute Gasteiger partial charge is 0.480 e. The number of aromatic nitrogens is 1. The van der Waals surface area contributed by atoms with Gasteiger partial charge in [-0.2, -0.15) is 13.2 Å². The molecule has 0 saturated heterocycles. The molecule has 0 aliphatic carbocycles. The van der Waals surface area contributed by atoms with Crippen LogP contribution in [0.3, 0.4) is 0 Å². The highest BCUT2D eigenvalue weighted by Gasteiger charge is 2.37. The van der Waals surface area contributed by atoms with Gasteiger partial charge in [0, 0.05) is 5.38 Å². The van der Waals surface area contributed by atoms with Crippen LogP contribution in [0.2, 0.25) is 0 Å². The molecule has 0 fully saturated rings. The molecule has 2 N–H and O–H groups in total. The van der Waals surface area contributed by atoms with Gasteiger partial charge in [-0.15, -0.1) is 11.3 Å². The van der Waals surface area contributed by atoms with Crippen LogP contribution in [0.25, 0.3) is 0 Å². The summed E-state index contributed by atoms with van der Waals surface area (Å²) in [6.07, 6.45) is -4.53. The number of carbonyl (C=O) groups excluding carboxylic acids is 1. The van der Waals surface area contributed by atoms with Crippen molar-refractivity contribution in [2.24, 2.45) is 0 Å². The van der Waals surface area contributed by atoms with Gasteiger partial charge < -0.3 is 10.4 Å². The summed E-state index contributed by atoms with van der Waals surface area (Å²) in [5, 5.41) is 10.9. The van der Waals surface area contributed by atoms with Gasteiger partial charge in [0.25, 0.3) is 5.91 Å². The van der Waals surface area contributed by atoms with Gasteiger partial charge in [0.05, 0.1) is 0 Å². The molecule has 1 unspecified atom stereocenters. The molecule has 0 spiro atoms. The van der Waals surface area contributed by atoms with Crippen molar-refractivity contribution in [2.45, 2.75) is 32.0 Å². The van der Waals surface area contributed by atoms with Gasteiger partial charge in [0.1, 0.15) is 11.2 Å². The average Bonchev–Trinajstić information content (AvgIpc) is 2.77. The summed E-state index contributed by atoms with van der Waals surface area (Å²) in [6, 6.07) is 0. The Morgan fingerprint density at radius 2 is 2.05 bits per heavy atom. The number of thiazole rings is 1. The Balaban J connectivity index is 2.90.